The molecule has 0 aliphatic rings. The summed E-state index contributed by atoms with van der Waals surface area (Å²) in [6.07, 6.45) is 0. The summed E-state index contributed by atoms with van der Waals surface area (Å²) in [5, 5.41) is 14.5. The van der Waals surface area contributed by atoms with Crippen LogP contribution in [0.5, 0.6) is 0 Å². The first-order valence-electron chi connectivity index (χ1n) is 8.63. The molecule has 0 aliphatic heterocycles. The van der Waals surface area contributed by atoms with Crippen molar-refractivity contribution < 1.29 is 9.59 Å². The van der Waals surface area contributed by atoms with Crippen molar-refractivity contribution in [2.75, 3.05) is 11.1 Å². The van der Waals surface area contributed by atoms with Gasteiger partial charge in [0.25, 0.3) is 0 Å². The molecule has 0 aliphatic carbocycles. The molecule has 4 rings (SSSR count). The highest BCUT2D eigenvalue weighted by atomic mass is 35.5. The molecule has 2 aromatic heterocycles. The fourth-order valence-electron chi connectivity index (χ4n) is 2.75. The van der Waals surface area contributed by atoms with Crippen LogP contribution in [0.15, 0.2) is 59.1 Å². The van der Waals surface area contributed by atoms with Crippen molar-refractivity contribution in [2.24, 2.45) is 0 Å². The minimum atomic E-state index is -0.185. The maximum atomic E-state index is 12.4. The number of nitrogens with zero attached hydrogens (tertiary/aromatic N) is 3. The highest BCUT2D eigenvalue weighted by Crippen LogP contribution is 2.30. The number of Topliss-reactive ketones (excluding diaryl/α,β-unsaturated/α-hetero) is 1. The summed E-state index contributed by atoms with van der Waals surface area (Å²) < 4.78 is 1.93. The number of ketones is 1. The van der Waals surface area contributed by atoms with E-state index >= 15 is 0 Å². The first-order valence-corrected chi connectivity index (χ1v) is 10.9. The predicted octanol–water partition coefficient (Wildman–Crippen LogP) is 5.04. The van der Waals surface area contributed by atoms with Crippen molar-refractivity contribution >= 4 is 57.0 Å². The van der Waals surface area contributed by atoms with Crippen LogP contribution in [0.4, 0.5) is 5.69 Å². The van der Waals surface area contributed by atoms with Crippen molar-refractivity contribution in [2.45, 2.75) is 12.1 Å². The summed E-state index contributed by atoms with van der Waals surface area (Å²) in [5.74, 6) is -0.0645. The third-order valence-corrected chi connectivity index (χ3v) is 6.14. The van der Waals surface area contributed by atoms with Gasteiger partial charge in [0, 0.05) is 21.7 Å². The van der Waals surface area contributed by atoms with Crippen molar-refractivity contribution in [3.05, 3.63) is 64.5 Å². The van der Waals surface area contributed by atoms with Crippen LogP contribution in [0.1, 0.15) is 17.3 Å². The molecule has 0 atom stereocenters. The molecule has 1 amide bonds. The van der Waals surface area contributed by atoms with Gasteiger partial charge in [-0.15, -0.1) is 21.5 Å². The van der Waals surface area contributed by atoms with Crippen LogP contribution in [-0.2, 0) is 4.79 Å². The molecule has 9 heteroatoms. The number of carbonyl (C=O) groups excluding carboxylic acids is 2. The number of fused-ring (bicyclic) bond motifs is 1. The van der Waals surface area contributed by atoms with Crippen LogP contribution in [0.2, 0.25) is 5.02 Å². The van der Waals surface area contributed by atoms with Crippen molar-refractivity contribution in [3.63, 3.8) is 0 Å². The molecule has 0 bridgehead atoms. The lowest BCUT2D eigenvalue weighted by atomic mass is 10.1. The number of thioether (sulfide) groups is 1. The van der Waals surface area contributed by atoms with E-state index in [9.17, 15) is 9.59 Å². The van der Waals surface area contributed by atoms with Crippen LogP contribution in [0.25, 0.3) is 16.2 Å². The van der Waals surface area contributed by atoms with E-state index in [1.165, 1.54) is 30.0 Å². The van der Waals surface area contributed by atoms with Gasteiger partial charge >= 0.3 is 0 Å². The Morgan fingerprint density at radius 3 is 2.72 bits per heavy atom. The number of halogens is 1. The molecule has 4 aromatic rings. The van der Waals surface area contributed by atoms with E-state index in [1.54, 1.807) is 24.3 Å². The maximum absolute atomic E-state index is 12.4. The van der Waals surface area contributed by atoms with Gasteiger partial charge in [0.05, 0.1) is 11.4 Å². The van der Waals surface area contributed by atoms with Crippen LogP contribution in [0.3, 0.4) is 0 Å². The Kier molecular flexibility index (Phi) is 5.66. The standard InChI is InChI=1S/C20H15ClN4O2S2/c1-12(26)14-3-2-4-16(9-14)22-18(27)11-29-20-24-23-19-25(20)17(10-28-19)13-5-7-15(21)8-6-13/h2-10H,11H2,1H3,(H,22,27). The van der Waals surface area contributed by atoms with Crippen LogP contribution in [-0.4, -0.2) is 32.0 Å². The van der Waals surface area contributed by atoms with Crippen molar-refractivity contribution in [1.29, 1.82) is 0 Å². The summed E-state index contributed by atoms with van der Waals surface area (Å²) in [4.78, 5) is 24.6. The lowest BCUT2D eigenvalue weighted by molar-refractivity contribution is -0.113. The number of nitrogens with one attached hydrogen (secondary N) is 1. The number of thiazole rings is 1. The third kappa shape index (κ3) is 4.34. The van der Waals surface area contributed by atoms with E-state index < -0.39 is 0 Å². The molecule has 0 unspecified atom stereocenters. The smallest absolute Gasteiger partial charge is 0.234 e. The molecule has 0 radical (unpaired) electrons. The minimum Gasteiger partial charge on any atom is -0.325 e. The Morgan fingerprint density at radius 2 is 1.97 bits per heavy atom. The Hall–Kier alpha value is -2.68. The zero-order chi connectivity index (χ0) is 20.4. The number of hydrogen-bond acceptors (Lipinski definition) is 6. The maximum Gasteiger partial charge on any atom is 0.234 e. The average molecular weight is 443 g/mol. The van der Waals surface area contributed by atoms with E-state index in [0.717, 1.165) is 16.2 Å². The topological polar surface area (TPSA) is 76.4 Å². The highest BCUT2D eigenvalue weighted by molar-refractivity contribution is 7.99. The molecule has 2 aromatic carbocycles. The van der Waals surface area contributed by atoms with Crippen LogP contribution < -0.4 is 5.32 Å². The van der Waals surface area contributed by atoms with Gasteiger partial charge in [-0.2, -0.15) is 0 Å². The summed E-state index contributed by atoms with van der Waals surface area (Å²) in [5.41, 5.74) is 3.09. The number of aromatic nitrogens is 3. The van der Waals surface area contributed by atoms with Gasteiger partial charge in [0.1, 0.15) is 0 Å². The molecule has 29 heavy (non-hydrogen) atoms. The quantitative estimate of drug-likeness (QED) is 0.334. The van der Waals surface area contributed by atoms with E-state index in [4.69, 9.17) is 11.6 Å². The Morgan fingerprint density at radius 1 is 1.17 bits per heavy atom. The lowest BCUT2D eigenvalue weighted by Crippen LogP contribution is -2.14. The zero-order valence-corrected chi connectivity index (χ0v) is 17.6. The van der Waals surface area contributed by atoms with Crippen LogP contribution in [0, 0.1) is 0 Å². The molecule has 146 valence electrons. The molecule has 0 saturated carbocycles. The van der Waals surface area contributed by atoms with Gasteiger partial charge in [0.15, 0.2) is 10.9 Å². The van der Waals surface area contributed by atoms with E-state index in [-0.39, 0.29) is 17.4 Å². The van der Waals surface area contributed by atoms with Gasteiger partial charge in [-0.25, -0.2) is 0 Å². The number of amides is 1. The molecular formula is C20H15ClN4O2S2. The van der Waals surface area contributed by atoms with Gasteiger partial charge in [-0.05, 0) is 36.8 Å². The first-order chi connectivity index (χ1) is 14.0. The molecule has 6 nitrogen and oxygen atoms in total. The third-order valence-electron chi connectivity index (χ3n) is 4.15. The van der Waals surface area contributed by atoms with Crippen molar-refractivity contribution in [3.8, 4) is 11.3 Å². The lowest BCUT2D eigenvalue weighted by Gasteiger charge is -2.06. The summed E-state index contributed by atoms with van der Waals surface area (Å²) in [6, 6.07) is 14.4. The molecule has 2 heterocycles. The Bertz CT molecular complexity index is 1200. The largest absolute Gasteiger partial charge is 0.325 e. The zero-order valence-electron chi connectivity index (χ0n) is 15.3. The number of rotatable bonds is 6. The summed E-state index contributed by atoms with van der Waals surface area (Å²) in [7, 11) is 0. The average Bonchev–Trinajstić information content (AvgIpc) is 3.30. The van der Waals surface area contributed by atoms with E-state index in [2.05, 4.69) is 15.5 Å². The monoisotopic (exact) mass is 442 g/mol. The number of anilines is 1. The van der Waals surface area contributed by atoms with Crippen LogP contribution >= 0.6 is 34.7 Å². The molecule has 0 spiro atoms. The summed E-state index contributed by atoms with van der Waals surface area (Å²) in [6.45, 7) is 1.49. The second kappa shape index (κ2) is 8.36. The number of carbonyl (C=O) groups is 2. The van der Waals surface area contributed by atoms with E-state index in [1.807, 2.05) is 34.0 Å². The molecule has 1 N–H and O–H groups in total. The Balaban J connectivity index is 1.49. The normalized spacial score (nSPS) is 11.0. The van der Waals surface area contributed by atoms with Crippen molar-refractivity contribution in [1.82, 2.24) is 14.6 Å². The number of hydrogen-bond donors (Lipinski definition) is 1. The second-order valence-electron chi connectivity index (χ2n) is 6.20. The molecule has 0 saturated heterocycles. The van der Waals surface area contributed by atoms with Gasteiger partial charge in [-0.3, -0.25) is 14.0 Å². The fourth-order valence-corrected chi connectivity index (χ4v) is 4.52. The first kappa shape index (κ1) is 19.6. The Labute approximate surface area is 179 Å². The predicted molar refractivity (Wildman–Crippen MR) is 117 cm³/mol. The SMILES string of the molecule is CC(=O)c1cccc(NC(=O)CSc2nnc3scc(-c4ccc(Cl)cc4)n23)c1. The fraction of sp³-hybridized carbons (Fsp3) is 0.100. The second-order valence-corrected chi connectivity index (χ2v) is 8.42. The van der Waals surface area contributed by atoms with Gasteiger partial charge in [0.2, 0.25) is 10.9 Å². The van der Waals surface area contributed by atoms with E-state index in [0.29, 0.717) is 21.4 Å². The molecular weight excluding hydrogens is 428 g/mol. The van der Waals surface area contributed by atoms with Gasteiger partial charge in [-0.1, -0.05) is 47.6 Å². The summed E-state index contributed by atoms with van der Waals surface area (Å²) >= 11 is 8.77. The van der Waals surface area contributed by atoms with Gasteiger partial charge < -0.3 is 5.32 Å². The minimum absolute atomic E-state index is 0.0477. The molecule has 0 fully saturated rings. The highest BCUT2D eigenvalue weighted by Gasteiger charge is 2.15. The number of benzene rings is 2.